The lowest BCUT2D eigenvalue weighted by atomic mass is 10.1. The lowest BCUT2D eigenvalue weighted by molar-refractivity contribution is 0.441. The Morgan fingerprint density at radius 1 is 1.47 bits per heavy atom. The first-order valence-corrected chi connectivity index (χ1v) is 5.42. The number of halogens is 1. The summed E-state index contributed by atoms with van der Waals surface area (Å²) in [6.45, 7) is 0. The van der Waals surface area contributed by atoms with Crippen LogP contribution in [0.15, 0.2) is 33.5 Å². The van der Waals surface area contributed by atoms with Gasteiger partial charge in [-0.3, -0.25) is 4.68 Å². The maximum absolute atomic E-state index is 5.51. The van der Waals surface area contributed by atoms with Crippen molar-refractivity contribution in [3.63, 3.8) is 0 Å². The van der Waals surface area contributed by atoms with Crippen LogP contribution in [0.3, 0.4) is 0 Å². The highest BCUT2D eigenvalue weighted by Crippen LogP contribution is 2.24. The van der Waals surface area contributed by atoms with Gasteiger partial charge in [-0.15, -0.1) is 0 Å². The predicted octanol–water partition coefficient (Wildman–Crippen LogP) is 2.08. The number of hydrogen-bond acceptors (Lipinski definition) is 3. The minimum atomic E-state index is -0.00231. The number of aromatic nitrogens is 2. The number of aryl methyl sites for hydroxylation is 1. The second-order valence-corrected chi connectivity index (χ2v) is 4.06. The van der Waals surface area contributed by atoms with Gasteiger partial charge in [0.05, 0.1) is 5.69 Å². The van der Waals surface area contributed by atoms with Gasteiger partial charge >= 0.3 is 0 Å². The van der Waals surface area contributed by atoms with Crippen molar-refractivity contribution in [2.75, 3.05) is 7.05 Å². The predicted molar refractivity (Wildman–Crippen MR) is 60.5 cm³/mol. The molecule has 0 saturated heterocycles. The summed E-state index contributed by atoms with van der Waals surface area (Å²) in [7, 11) is 3.78. The van der Waals surface area contributed by atoms with E-state index in [1.54, 1.807) is 4.68 Å². The average Bonchev–Trinajstić information content (AvgIpc) is 2.78. The van der Waals surface area contributed by atoms with Crippen molar-refractivity contribution < 1.29 is 4.42 Å². The zero-order valence-electron chi connectivity index (χ0n) is 8.57. The minimum absolute atomic E-state index is 0.00231. The third-order valence-electron chi connectivity index (χ3n) is 2.20. The maximum Gasteiger partial charge on any atom is 0.169 e. The highest BCUT2D eigenvalue weighted by Gasteiger charge is 2.17. The van der Waals surface area contributed by atoms with E-state index in [9.17, 15) is 0 Å². The van der Waals surface area contributed by atoms with Crippen LogP contribution in [0, 0.1) is 0 Å². The summed E-state index contributed by atoms with van der Waals surface area (Å²) in [4.78, 5) is 0. The third kappa shape index (κ3) is 2.13. The molecule has 2 aromatic rings. The van der Waals surface area contributed by atoms with Gasteiger partial charge in [-0.2, -0.15) is 5.10 Å². The summed E-state index contributed by atoms with van der Waals surface area (Å²) in [5.74, 6) is 0.850. The second kappa shape index (κ2) is 4.20. The Bertz CT molecular complexity index is 409. The van der Waals surface area contributed by atoms with Crippen LogP contribution in [0.25, 0.3) is 0 Å². The number of rotatable bonds is 3. The Kier molecular flexibility index (Phi) is 2.93. The van der Waals surface area contributed by atoms with Crippen molar-refractivity contribution in [2.45, 2.75) is 6.04 Å². The van der Waals surface area contributed by atoms with Gasteiger partial charge in [-0.05, 0) is 41.2 Å². The van der Waals surface area contributed by atoms with Crippen molar-refractivity contribution in [3.05, 3.63) is 40.5 Å². The standard InChI is InChI=1S/C10H12BrN3O/c1-12-10(7-5-6-14(2)13-7)8-3-4-9(11)15-8/h3-6,10,12H,1-2H3. The fourth-order valence-electron chi connectivity index (χ4n) is 1.51. The van der Waals surface area contributed by atoms with Crippen LogP contribution in [-0.4, -0.2) is 16.8 Å². The van der Waals surface area contributed by atoms with E-state index in [-0.39, 0.29) is 6.04 Å². The van der Waals surface area contributed by atoms with Gasteiger partial charge in [-0.1, -0.05) is 0 Å². The molecule has 2 rings (SSSR count). The van der Waals surface area contributed by atoms with Crippen LogP contribution in [0.5, 0.6) is 0 Å². The van der Waals surface area contributed by atoms with Crippen LogP contribution in [0.1, 0.15) is 17.5 Å². The van der Waals surface area contributed by atoms with Crippen LogP contribution in [0.2, 0.25) is 0 Å². The van der Waals surface area contributed by atoms with Gasteiger partial charge in [-0.25, -0.2) is 0 Å². The highest BCUT2D eigenvalue weighted by atomic mass is 79.9. The molecule has 0 amide bonds. The summed E-state index contributed by atoms with van der Waals surface area (Å²) in [6, 6.07) is 5.78. The largest absolute Gasteiger partial charge is 0.452 e. The quantitative estimate of drug-likeness (QED) is 0.928. The molecule has 5 heteroatoms. The van der Waals surface area contributed by atoms with Crippen LogP contribution >= 0.6 is 15.9 Å². The molecule has 0 bridgehead atoms. The van der Waals surface area contributed by atoms with E-state index in [0.717, 1.165) is 16.1 Å². The van der Waals surface area contributed by atoms with Gasteiger partial charge in [0.1, 0.15) is 11.8 Å². The van der Waals surface area contributed by atoms with Gasteiger partial charge in [0.25, 0.3) is 0 Å². The van der Waals surface area contributed by atoms with Gasteiger partial charge in [0, 0.05) is 13.2 Å². The van der Waals surface area contributed by atoms with Crippen molar-refractivity contribution in [1.82, 2.24) is 15.1 Å². The molecule has 4 nitrogen and oxygen atoms in total. The summed E-state index contributed by atoms with van der Waals surface area (Å²) >= 11 is 3.29. The molecule has 0 radical (unpaired) electrons. The Balaban J connectivity index is 2.32. The zero-order valence-corrected chi connectivity index (χ0v) is 10.2. The van der Waals surface area contributed by atoms with Crippen molar-refractivity contribution in [1.29, 1.82) is 0 Å². The fourth-order valence-corrected chi connectivity index (χ4v) is 1.83. The molecule has 0 aliphatic heterocycles. The molecule has 2 aromatic heterocycles. The minimum Gasteiger partial charge on any atom is -0.452 e. The van der Waals surface area contributed by atoms with E-state index in [2.05, 4.69) is 26.3 Å². The Labute approximate surface area is 96.4 Å². The zero-order chi connectivity index (χ0) is 10.8. The third-order valence-corrected chi connectivity index (χ3v) is 2.62. The van der Waals surface area contributed by atoms with Gasteiger partial charge in [0.15, 0.2) is 4.67 Å². The number of furan rings is 1. The molecule has 0 fully saturated rings. The maximum atomic E-state index is 5.51. The molecule has 1 unspecified atom stereocenters. The van der Waals surface area contributed by atoms with Crippen molar-refractivity contribution in [3.8, 4) is 0 Å². The van der Waals surface area contributed by atoms with E-state index in [4.69, 9.17) is 4.42 Å². The van der Waals surface area contributed by atoms with E-state index in [1.165, 1.54) is 0 Å². The molecule has 0 aliphatic carbocycles. The molecule has 0 saturated carbocycles. The number of nitrogens with one attached hydrogen (secondary N) is 1. The van der Waals surface area contributed by atoms with E-state index in [0.29, 0.717) is 0 Å². The molecular weight excluding hydrogens is 258 g/mol. The molecule has 1 N–H and O–H groups in total. The van der Waals surface area contributed by atoms with Crippen LogP contribution < -0.4 is 5.32 Å². The first-order chi connectivity index (χ1) is 7.20. The normalized spacial score (nSPS) is 13.0. The van der Waals surface area contributed by atoms with Gasteiger partial charge < -0.3 is 9.73 Å². The Hall–Kier alpha value is -1.07. The topological polar surface area (TPSA) is 43.0 Å². The van der Waals surface area contributed by atoms with Crippen LogP contribution in [0.4, 0.5) is 0 Å². The number of hydrogen-bond donors (Lipinski definition) is 1. The first-order valence-electron chi connectivity index (χ1n) is 4.62. The Morgan fingerprint density at radius 2 is 2.27 bits per heavy atom. The highest BCUT2D eigenvalue weighted by molar-refractivity contribution is 9.10. The summed E-state index contributed by atoms with van der Waals surface area (Å²) in [5.41, 5.74) is 0.946. The van der Waals surface area contributed by atoms with Crippen molar-refractivity contribution >= 4 is 15.9 Å². The second-order valence-electron chi connectivity index (χ2n) is 3.28. The summed E-state index contributed by atoms with van der Waals surface area (Å²) in [6.07, 6.45) is 1.91. The van der Waals surface area contributed by atoms with Gasteiger partial charge in [0.2, 0.25) is 0 Å². The van der Waals surface area contributed by atoms with Crippen LogP contribution in [-0.2, 0) is 7.05 Å². The monoisotopic (exact) mass is 269 g/mol. The lowest BCUT2D eigenvalue weighted by Crippen LogP contribution is -2.17. The Morgan fingerprint density at radius 3 is 2.73 bits per heavy atom. The van der Waals surface area contributed by atoms with Crippen molar-refractivity contribution in [2.24, 2.45) is 7.05 Å². The fraction of sp³-hybridized carbons (Fsp3) is 0.300. The SMILES string of the molecule is CNC(c1ccn(C)n1)c1ccc(Br)o1. The van der Waals surface area contributed by atoms with E-state index >= 15 is 0 Å². The molecule has 1 atom stereocenters. The lowest BCUT2D eigenvalue weighted by Gasteiger charge is -2.10. The summed E-state index contributed by atoms with van der Waals surface area (Å²) < 4.78 is 8.01. The molecule has 2 heterocycles. The molecule has 0 spiro atoms. The van der Waals surface area contributed by atoms with E-state index in [1.807, 2.05) is 38.5 Å². The average molecular weight is 270 g/mol. The van der Waals surface area contributed by atoms with E-state index < -0.39 is 0 Å². The summed E-state index contributed by atoms with van der Waals surface area (Å²) in [5, 5.41) is 7.52. The molecule has 0 aliphatic rings. The molecule has 0 aromatic carbocycles. The molecule has 15 heavy (non-hydrogen) atoms. The first kappa shape index (κ1) is 10.4. The molecule has 80 valence electrons. The smallest absolute Gasteiger partial charge is 0.169 e. The number of nitrogens with zero attached hydrogens (tertiary/aromatic N) is 2. The molecular formula is C10H12BrN3O.